The van der Waals surface area contributed by atoms with Crippen LogP contribution in [0.2, 0.25) is 0 Å². The Bertz CT molecular complexity index is 1090. The first kappa shape index (κ1) is 17.5. The van der Waals surface area contributed by atoms with E-state index in [0.717, 1.165) is 16.7 Å². The normalized spacial score (nSPS) is 10.6. The SMILES string of the molecule is O=[N+]([O-])c1ccc(-c2cc(-c3ccccc3OCc3ccccc3)on2)cc1. The molecule has 0 radical (unpaired) electrons. The Morgan fingerprint density at radius 3 is 2.39 bits per heavy atom. The molecule has 1 heterocycles. The van der Waals surface area contributed by atoms with Crippen LogP contribution < -0.4 is 4.74 Å². The first-order chi connectivity index (χ1) is 13.7. The molecule has 0 atom stereocenters. The van der Waals surface area contributed by atoms with Crippen LogP contribution in [0.3, 0.4) is 0 Å². The van der Waals surface area contributed by atoms with Gasteiger partial charge in [-0.25, -0.2) is 0 Å². The minimum absolute atomic E-state index is 0.0344. The minimum atomic E-state index is -0.432. The maximum absolute atomic E-state index is 10.8. The zero-order valence-electron chi connectivity index (χ0n) is 14.8. The average molecular weight is 372 g/mol. The zero-order valence-corrected chi connectivity index (χ0v) is 14.8. The Morgan fingerprint density at radius 2 is 1.64 bits per heavy atom. The van der Waals surface area contributed by atoms with Gasteiger partial charge in [0.05, 0.1) is 10.5 Å². The molecule has 0 bridgehead atoms. The molecule has 1 aromatic heterocycles. The van der Waals surface area contributed by atoms with Crippen LogP contribution in [0.15, 0.2) is 89.5 Å². The monoisotopic (exact) mass is 372 g/mol. The van der Waals surface area contributed by atoms with Crippen molar-refractivity contribution in [1.82, 2.24) is 5.16 Å². The fraction of sp³-hybridized carbons (Fsp3) is 0.0455. The van der Waals surface area contributed by atoms with E-state index in [4.69, 9.17) is 9.26 Å². The number of aromatic nitrogens is 1. The molecule has 0 saturated carbocycles. The Hall–Kier alpha value is -3.93. The van der Waals surface area contributed by atoms with Gasteiger partial charge in [0.25, 0.3) is 5.69 Å². The number of ether oxygens (including phenoxy) is 1. The second kappa shape index (κ2) is 7.75. The highest BCUT2D eigenvalue weighted by Gasteiger charge is 2.14. The van der Waals surface area contributed by atoms with Gasteiger partial charge >= 0.3 is 0 Å². The average Bonchev–Trinajstić information content (AvgIpc) is 3.23. The summed E-state index contributed by atoms with van der Waals surface area (Å²) in [7, 11) is 0. The highest BCUT2D eigenvalue weighted by atomic mass is 16.6. The predicted molar refractivity (Wildman–Crippen MR) is 105 cm³/mol. The molecule has 0 aliphatic carbocycles. The van der Waals surface area contributed by atoms with Crippen molar-refractivity contribution in [3.63, 3.8) is 0 Å². The zero-order chi connectivity index (χ0) is 19.3. The molecule has 4 aromatic rings. The van der Waals surface area contributed by atoms with Crippen molar-refractivity contribution < 1.29 is 14.2 Å². The summed E-state index contributed by atoms with van der Waals surface area (Å²) in [4.78, 5) is 10.4. The Balaban J connectivity index is 1.57. The van der Waals surface area contributed by atoms with Crippen LogP contribution in [-0.2, 0) is 6.61 Å². The molecule has 6 heteroatoms. The molecule has 0 amide bonds. The van der Waals surface area contributed by atoms with Crippen LogP contribution in [-0.4, -0.2) is 10.1 Å². The highest BCUT2D eigenvalue weighted by molar-refractivity contribution is 5.71. The maximum Gasteiger partial charge on any atom is 0.269 e. The first-order valence-corrected chi connectivity index (χ1v) is 8.68. The molecule has 0 unspecified atom stereocenters. The minimum Gasteiger partial charge on any atom is -0.488 e. The Morgan fingerprint density at radius 1 is 0.929 bits per heavy atom. The molecule has 0 aliphatic heterocycles. The summed E-state index contributed by atoms with van der Waals surface area (Å²) in [5.41, 5.74) is 3.23. The van der Waals surface area contributed by atoms with Crippen LogP contribution >= 0.6 is 0 Å². The number of nitro benzene ring substituents is 1. The van der Waals surface area contributed by atoms with Crippen LogP contribution in [0.1, 0.15) is 5.56 Å². The molecular formula is C22H16N2O4. The number of rotatable bonds is 6. The van der Waals surface area contributed by atoms with E-state index < -0.39 is 4.92 Å². The van der Waals surface area contributed by atoms with Gasteiger partial charge in [-0.05, 0) is 29.8 Å². The summed E-state index contributed by atoms with van der Waals surface area (Å²) in [6.07, 6.45) is 0. The summed E-state index contributed by atoms with van der Waals surface area (Å²) in [6, 6.07) is 25.5. The van der Waals surface area contributed by atoms with Gasteiger partial charge < -0.3 is 9.26 Å². The predicted octanol–water partition coefficient (Wildman–Crippen LogP) is 5.50. The van der Waals surface area contributed by atoms with Gasteiger partial charge in [0.2, 0.25) is 0 Å². The lowest BCUT2D eigenvalue weighted by Crippen LogP contribution is -1.96. The van der Waals surface area contributed by atoms with E-state index in [-0.39, 0.29) is 5.69 Å². The van der Waals surface area contributed by atoms with Crippen LogP contribution in [0.4, 0.5) is 5.69 Å². The van der Waals surface area contributed by atoms with E-state index >= 15 is 0 Å². The number of hydrogen-bond acceptors (Lipinski definition) is 5. The van der Waals surface area contributed by atoms with Crippen molar-refractivity contribution in [2.75, 3.05) is 0 Å². The lowest BCUT2D eigenvalue weighted by Gasteiger charge is -2.09. The van der Waals surface area contributed by atoms with E-state index in [1.165, 1.54) is 12.1 Å². The fourth-order valence-electron chi connectivity index (χ4n) is 2.82. The van der Waals surface area contributed by atoms with Crippen molar-refractivity contribution >= 4 is 5.69 Å². The highest BCUT2D eigenvalue weighted by Crippen LogP contribution is 2.33. The largest absolute Gasteiger partial charge is 0.488 e. The lowest BCUT2D eigenvalue weighted by atomic mass is 10.1. The molecule has 0 aliphatic rings. The summed E-state index contributed by atoms with van der Waals surface area (Å²) in [5.74, 6) is 1.26. The van der Waals surface area contributed by atoms with Gasteiger partial charge in [-0.1, -0.05) is 47.6 Å². The number of nitrogens with zero attached hydrogens (tertiary/aromatic N) is 2. The number of nitro groups is 1. The molecule has 0 N–H and O–H groups in total. The molecule has 6 nitrogen and oxygen atoms in total. The summed E-state index contributed by atoms with van der Waals surface area (Å²) >= 11 is 0. The van der Waals surface area contributed by atoms with E-state index in [2.05, 4.69) is 5.16 Å². The van der Waals surface area contributed by atoms with Crippen LogP contribution in [0.5, 0.6) is 5.75 Å². The molecular weight excluding hydrogens is 356 g/mol. The van der Waals surface area contributed by atoms with Crippen molar-refractivity contribution in [2.45, 2.75) is 6.61 Å². The summed E-state index contributed by atoms with van der Waals surface area (Å²) in [6.45, 7) is 0.446. The molecule has 28 heavy (non-hydrogen) atoms. The third-order valence-electron chi connectivity index (χ3n) is 4.27. The van der Waals surface area contributed by atoms with Crippen LogP contribution in [0.25, 0.3) is 22.6 Å². The molecule has 0 spiro atoms. The second-order valence-corrected chi connectivity index (χ2v) is 6.15. The van der Waals surface area contributed by atoms with Crippen molar-refractivity contribution in [3.05, 3.63) is 101 Å². The molecule has 0 saturated heterocycles. The molecule has 138 valence electrons. The number of hydrogen-bond donors (Lipinski definition) is 0. The van der Waals surface area contributed by atoms with Gasteiger partial charge in [-0.2, -0.15) is 0 Å². The van der Waals surface area contributed by atoms with E-state index in [9.17, 15) is 10.1 Å². The fourth-order valence-corrected chi connectivity index (χ4v) is 2.82. The van der Waals surface area contributed by atoms with Gasteiger partial charge in [-0.3, -0.25) is 10.1 Å². The smallest absolute Gasteiger partial charge is 0.269 e. The molecule has 4 rings (SSSR count). The molecule has 3 aromatic carbocycles. The summed E-state index contributed by atoms with van der Waals surface area (Å²) < 4.78 is 11.5. The second-order valence-electron chi connectivity index (χ2n) is 6.15. The van der Waals surface area contributed by atoms with E-state index in [1.54, 1.807) is 18.2 Å². The first-order valence-electron chi connectivity index (χ1n) is 8.68. The maximum atomic E-state index is 10.8. The number of para-hydroxylation sites is 1. The van der Waals surface area contributed by atoms with Gasteiger partial charge in [0.15, 0.2) is 5.76 Å². The van der Waals surface area contributed by atoms with Gasteiger partial charge in [0, 0.05) is 23.8 Å². The quantitative estimate of drug-likeness (QED) is 0.330. The van der Waals surface area contributed by atoms with Crippen LogP contribution in [0, 0.1) is 10.1 Å². The van der Waals surface area contributed by atoms with Crippen molar-refractivity contribution in [3.8, 4) is 28.3 Å². The van der Waals surface area contributed by atoms with E-state index in [1.807, 2.05) is 54.6 Å². The number of non-ortho nitro benzene ring substituents is 1. The topological polar surface area (TPSA) is 78.4 Å². The Kier molecular flexibility index (Phi) is 4.84. The standard InChI is InChI=1S/C22H16N2O4/c25-24(26)18-12-10-17(11-13-18)20-14-22(28-23-20)19-8-4-5-9-21(19)27-15-16-6-2-1-3-7-16/h1-14H,15H2. The van der Waals surface area contributed by atoms with Crippen molar-refractivity contribution in [2.24, 2.45) is 0 Å². The third kappa shape index (κ3) is 3.76. The van der Waals surface area contributed by atoms with Crippen molar-refractivity contribution in [1.29, 1.82) is 0 Å². The lowest BCUT2D eigenvalue weighted by molar-refractivity contribution is -0.384. The summed E-state index contributed by atoms with van der Waals surface area (Å²) in [5, 5.41) is 14.9. The van der Waals surface area contributed by atoms with E-state index in [0.29, 0.717) is 23.8 Å². The number of benzene rings is 3. The Labute approximate surface area is 161 Å². The van der Waals surface area contributed by atoms with Gasteiger partial charge in [0.1, 0.15) is 18.1 Å². The molecule has 0 fully saturated rings. The van der Waals surface area contributed by atoms with Gasteiger partial charge in [-0.15, -0.1) is 0 Å². The third-order valence-corrected chi connectivity index (χ3v) is 4.27.